The van der Waals surface area contributed by atoms with Crippen molar-refractivity contribution in [2.24, 2.45) is 5.73 Å². The SMILES string of the molecule is NCC=Cc1nc(C=O)cs1. The van der Waals surface area contributed by atoms with Gasteiger partial charge < -0.3 is 5.73 Å². The molecule has 3 nitrogen and oxygen atoms in total. The quantitative estimate of drug-likeness (QED) is 0.683. The lowest BCUT2D eigenvalue weighted by molar-refractivity contribution is 0.111. The highest BCUT2D eigenvalue weighted by molar-refractivity contribution is 7.10. The third kappa shape index (κ3) is 2.25. The molecule has 0 unspecified atom stereocenters. The summed E-state index contributed by atoms with van der Waals surface area (Å²) in [6, 6.07) is 0. The molecule has 11 heavy (non-hydrogen) atoms. The van der Waals surface area contributed by atoms with E-state index in [0.29, 0.717) is 12.2 Å². The number of rotatable bonds is 3. The fourth-order valence-corrected chi connectivity index (χ4v) is 1.28. The summed E-state index contributed by atoms with van der Waals surface area (Å²) in [5.41, 5.74) is 5.71. The van der Waals surface area contributed by atoms with Gasteiger partial charge in [-0.15, -0.1) is 11.3 Å². The molecule has 0 bridgehead atoms. The fourth-order valence-electron chi connectivity index (χ4n) is 0.600. The zero-order valence-electron chi connectivity index (χ0n) is 5.86. The molecular formula is C7H8N2OS. The Morgan fingerprint density at radius 1 is 1.73 bits per heavy atom. The summed E-state index contributed by atoms with van der Waals surface area (Å²) in [6.07, 6.45) is 4.33. The number of hydrogen-bond donors (Lipinski definition) is 1. The molecule has 1 heterocycles. The van der Waals surface area contributed by atoms with Gasteiger partial charge in [-0.3, -0.25) is 4.79 Å². The van der Waals surface area contributed by atoms with E-state index in [0.717, 1.165) is 11.3 Å². The van der Waals surface area contributed by atoms with Crippen LogP contribution in [0, 0.1) is 0 Å². The number of aldehydes is 1. The Kier molecular flexibility index (Phi) is 2.95. The summed E-state index contributed by atoms with van der Waals surface area (Å²) in [4.78, 5) is 14.2. The Labute approximate surface area is 68.6 Å². The molecule has 0 amide bonds. The minimum absolute atomic E-state index is 0.478. The van der Waals surface area contributed by atoms with Crippen LogP contribution in [0.25, 0.3) is 6.08 Å². The summed E-state index contributed by atoms with van der Waals surface area (Å²) in [7, 11) is 0. The zero-order chi connectivity index (χ0) is 8.10. The largest absolute Gasteiger partial charge is 0.327 e. The Hall–Kier alpha value is -1.00. The smallest absolute Gasteiger partial charge is 0.169 e. The lowest BCUT2D eigenvalue weighted by Crippen LogP contribution is -1.91. The van der Waals surface area contributed by atoms with Crippen LogP contribution in [-0.4, -0.2) is 17.8 Å². The van der Waals surface area contributed by atoms with Crippen molar-refractivity contribution in [2.45, 2.75) is 0 Å². The molecule has 0 fully saturated rings. The molecule has 0 radical (unpaired) electrons. The minimum Gasteiger partial charge on any atom is -0.327 e. The first-order valence-electron chi connectivity index (χ1n) is 3.14. The number of thiazole rings is 1. The van der Waals surface area contributed by atoms with Gasteiger partial charge in [0.05, 0.1) is 0 Å². The highest BCUT2D eigenvalue weighted by Gasteiger charge is 1.94. The van der Waals surface area contributed by atoms with Crippen molar-refractivity contribution in [1.29, 1.82) is 0 Å². The van der Waals surface area contributed by atoms with Crippen LogP contribution in [-0.2, 0) is 0 Å². The van der Waals surface area contributed by atoms with Crippen LogP contribution < -0.4 is 5.73 Å². The number of carbonyl (C=O) groups excluding carboxylic acids is 1. The van der Waals surface area contributed by atoms with Crippen LogP contribution in [0.4, 0.5) is 0 Å². The van der Waals surface area contributed by atoms with Gasteiger partial charge in [-0.05, 0) is 6.08 Å². The van der Waals surface area contributed by atoms with Crippen molar-refractivity contribution in [3.8, 4) is 0 Å². The number of carbonyl (C=O) groups is 1. The van der Waals surface area contributed by atoms with E-state index < -0.39 is 0 Å². The summed E-state index contributed by atoms with van der Waals surface area (Å²) >= 11 is 1.43. The molecule has 0 aliphatic carbocycles. The molecule has 0 aliphatic heterocycles. The third-order valence-electron chi connectivity index (χ3n) is 1.06. The monoisotopic (exact) mass is 168 g/mol. The molecule has 0 aromatic carbocycles. The first kappa shape index (κ1) is 8.10. The highest BCUT2D eigenvalue weighted by atomic mass is 32.1. The Balaban J connectivity index is 2.72. The maximum Gasteiger partial charge on any atom is 0.169 e. The van der Waals surface area contributed by atoms with E-state index in [1.54, 1.807) is 17.5 Å². The number of hydrogen-bond acceptors (Lipinski definition) is 4. The molecule has 0 atom stereocenters. The normalized spacial score (nSPS) is 10.6. The van der Waals surface area contributed by atoms with Crippen LogP contribution >= 0.6 is 11.3 Å². The molecule has 2 N–H and O–H groups in total. The number of aromatic nitrogens is 1. The molecule has 1 aromatic rings. The molecule has 58 valence electrons. The number of nitrogens with zero attached hydrogens (tertiary/aromatic N) is 1. The molecule has 1 rings (SSSR count). The van der Waals surface area contributed by atoms with Gasteiger partial charge in [0.25, 0.3) is 0 Å². The summed E-state index contributed by atoms with van der Waals surface area (Å²) in [5.74, 6) is 0. The molecule has 0 aliphatic rings. The predicted octanol–water partition coefficient (Wildman–Crippen LogP) is 0.928. The maximum absolute atomic E-state index is 10.2. The first-order chi connectivity index (χ1) is 5.36. The molecule has 0 saturated carbocycles. The second-order valence-electron chi connectivity index (χ2n) is 1.87. The van der Waals surface area contributed by atoms with Crippen LogP contribution in [0.2, 0.25) is 0 Å². The third-order valence-corrected chi connectivity index (χ3v) is 1.89. The lowest BCUT2D eigenvalue weighted by atomic mass is 10.5. The van der Waals surface area contributed by atoms with Crippen molar-refractivity contribution in [3.63, 3.8) is 0 Å². The summed E-state index contributed by atoms with van der Waals surface area (Å²) < 4.78 is 0. The maximum atomic E-state index is 10.2. The van der Waals surface area contributed by atoms with Crippen LogP contribution in [0.1, 0.15) is 15.5 Å². The van der Waals surface area contributed by atoms with Crippen LogP contribution in [0.5, 0.6) is 0 Å². The Morgan fingerprint density at radius 3 is 3.09 bits per heavy atom. The average Bonchev–Trinajstić information content (AvgIpc) is 2.48. The van der Waals surface area contributed by atoms with Crippen molar-refractivity contribution in [2.75, 3.05) is 6.54 Å². The standard InChI is InChI=1S/C7H8N2OS/c8-3-1-2-7-9-6(4-10)5-11-7/h1-2,4-5H,3,8H2. The minimum atomic E-state index is 0.478. The van der Waals surface area contributed by atoms with Gasteiger partial charge in [-0.2, -0.15) is 0 Å². The second-order valence-corrected chi connectivity index (χ2v) is 2.76. The summed E-state index contributed by atoms with van der Waals surface area (Å²) in [5, 5.41) is 2.53. The van der Waals surface area contributed by atoms with E-state index in [1.807, 2.05) is 0 Å². The Bertz CT molecular complexity index is 267. The van der Waals surface area contributed by atoms with Gasteiger partial charge in [0, 0.05) is 11.9 Å². The van der Waals surface area contributed by atoms with E-state index in [1.165, 1.54) is 11.3 Å². The van der Waals surface area contributed by atoms with Gasteiger partial charge in [-0.25, -0.2) is 4.98 Å². The van der Waals surface area contributed by atoms with Crippen molar-refractivity contribution in [1.82, 2.24) is 4.98 Å². The lowest BCUT2D eigenvalue weighted by Gasteiger charge is -1.79. The second kappa shape index (κ2) is 4.00. The van der Waals surface area contributed by atoms with Gasteiger partial charge in [0.1, 0.15) is 10.7 Å². The van der Waals surface area contributed by atoms with Crippen molar-refractivity contribution < 1.29 is 4.79 Å². The van der Waals surface area contributed by atoms with E-state index >= 15 is 0 Å². The van der Waals surface area contributed by atoms with E-state index in [2.05, 4.69) is 4.98 Å². The first-order valence-corrected chi connectivity index (χ1v) is 4.02. The zero-order valence-corrected chi connectivity index (χ0v) is 6.67. The van der Waals surface area contributed by atoms with Gasteiger partial charge in [0.2, 0.25) is 0 Å². The van der Waals surface area contributed by atoms with Crippen molar-refractivity contribution >= 4 is 23.7 Å². The summed E-state index contributed by atoms with van der Waals surface area (Å²) in [6.45, 7) is 0.496. The van der Waals surface area contributed by atoms with E-state index in [9.17, 15) is 4.79 Å². The van der Waals surface area contributed by atoms with E-state index in [-0.39, 0.29) is 0 Å². The fraction of sp³-hybridized carbons (Fsp3) is 0.143. The Morgan fingerprint density at radius 2 is 2.55 bits per heavy atom. The molecule has 0 spiro atoms. The molecule has 1 aromatic heterocycles. The van der Waals surface area contributed by atoms with Crippen LogP contribution in [0.3, 0.4) is 0 Å². The predicted molar refractivity (Wildman–Crippen MR) is 45.6 cm³/mol. The molecule has 4 heteroatoms. The van der Waals surface area contributed by atoms with Gasteiger partial charge in [-0.1, -0.05) is 6.08 Å². The van der Waals surface area contributed by atoms with Gasteiger partial charge >= 0.3 is 0 Å². The average molecular weight is 168 g/mol. The highest BCUT2D eigenvalue weighted by Crippen LogP contribution is 2.09. The van der Waals surface area contributed by atoms with Crippen LogP contribution in [0.15, 0.2) is 11.5 Å². The number of nitrogens with two attached hydrogens (primary N) is 1. The topological polar surface area (TPSA) is 56.0 Å². The van der Waals surface area contributed by atoms with Crippen molar-refractivity contribution in [3.05, 3.63) is 22.2 Å². The van der Waals surface area contributed by atoms with E-state index in [4.69, 9.17) is 5.73 Å². The molecule has 0 saturated heterocycles. The molecular weight excluding hydrogens is 160 g/mol. The van der Waals surface area contributed by atoms with Gasteiger partial charge in [0.15, 0.2) is 6.29 Å².